The van der Waals surface area contributed by atoms with Crippen molar-refractivity contribution in [2.75, 3.05) is 121 Å². The highest BCUT2D eigenvalue weighted by Gasteiger charge is 2.40. The number of carbonyl (C=O) groups is 2. The quantitative estimate of drug-likeness (QED) is 0.123. The Hall–Kier alpha value is -4.02. The minimum atomic E-state index is -1.04. The van der Waals surface area contributed by atoms with E-state index in [0.717, 1.165) is 71.2 Å². The molecule has 368 valence electrons. The molecule has 0 atom stereocenters. The second-order valence-corrected chi connectivity index (χ2v) is 18.2. The molecule has 2 aromatic rings. The second kappa shape index (κ2) is 27.6. The lowest BCUT2D eigenvalue weighted by Crippen LogP contribution is -2.61. The number of benzene rings is 2. The van der Waals surface area contributed by atoms with Gasteiger partial charge in [0, 0.05) is 82.1 Å². The summed E-state index contributed by atoms with van der Waals surface area (Å²) >= 11 is 0. The Kier molecular flexibility index (Phi) is 22.7. The minimum absolute atomic E-state index is 0.0621. The number of hydrogen-bond donors (Lipinski definition) is 3. The molecule has 15 nitrogen and oxygen atoms in total. The summed E-state index contributed by atoms with van der Waals surface area (Å²) in [6.45, 7) is 16.0. The van der Waals surface area contributed by atoms with Crippen LogP contribution in [0.5, 0.6) is 34.5 Å². The van der Waals surface area contributed by atoms with Gasteiger partial charge in [0.1, 0.15) is 0 Å². The second-order valence-electron chi connectivity index (χ2n) is 18.2. The number of carbonyl (C=O) groups excluding carboxylic acids is 1. The van der Waals surface area contributed by atoms with E-state index in [9.17, 15) is 9.59 Å². The van der Waals surface area contributed by atoms with Crippen molar-refractivity contribution in [1.82, 2.24) is 24.9 Å². The maximum Gasteiger partial charge on any atom is 0.335 e. The summed E-state index contributed by atoms with van der Waals surface area (Å²) in [6, 6.07) is 6.35. The molecule has 2 heterocycles. The fraction of sp³-hybridized carbons (Fsp3) is 0.720. The number of rotatable bonds is 19. The van der Waals surface area contributed by atoms with Crippen molar-refractivity contribution in [2.45, 2.75) is 115 Å². The summed E-state index contributed by atoms with van der Waals surface area (Å²) < 4.78 is 32.8. The lowest BCUT2D eigenvalue weighted by molar-refractivity contribution is 0.0138. The van der Waals surface area contributed by atoms with Gasteiger partial charge in [-0.1, -0.05) is 65.2 Å². The zero-order valence-electron chi connectivity index (χ0n) is 41.3. The predicted molar refractivity (Wildman–Crippen MR) is 258 cm³/mol. The number of piperazine rings is 2. The largest absolute Gasteiger partial charge is 0.493 e. The van der Waals surface area contributed by atoms with Gasteiger partial charge in [-0.2, -0.15) is 0 Å². The van der Waals surface area contributed by atoms with Crippen LogP contribution >= 0.6 is 0 Å². The Balaban J connectivity index is 0.000000236. The normalized spacial score (nSPS) is 19.0. The third-order valence-electron chi connectivity index (χ3n) is 13.8. The first-order chi connectivity index (χ1) is 31.4. The number of unbranched alkanes of at least 4 members (excludes halogenated alkanes) is 2. The number of nitrogens with zero attached hydrogens (tertiary/aromatic N) is 4. The molecule has 1 amide bonds. The molecule has 4 N–H and O–H groups in total. The zero-order chi connectivity index (χ0) is 47.2. The molecule has 2 aromatic carbocycles. The SMILES string of the molecule is CCCCOc1c(OC)cc(C(=O)NCC2(N3CCN(C)CC3)CCCCC2)cc1OC.CCCCOc1c(OC)cc(C(=O)O)cc1OC.CN1CCN(C2(CN)CCCCC2)CC1. The summed E-state index contributed by atoms with van der Waals surface area (Å²) in [5.41, 5.74) is 7.11. The number of carboxylic acid groups (broad SMARTS) is 1. The summed E-state index contributed by atoms with van der Waals surface area (Å²) in [7, 11) is 10.5. The summed E-state index contributed by atoms with van der Waals surface area (Å²) in [6.07, 6.45) is 16.8. The van der Waals surface area contributed by atoms with Crippen molar-refractivity contribution in [3.8, 4) is 34.5 Å². The fourth-order valence-corrected chi connectivity index (χ4v) is 9.52. The van der Waals surface area contributed by atoms with Crippen LogP contribution in [0.25, 0.3) is 0 Å². The summed E-state index contributed by atoms with van der Waals surface area (Å²) in [5.74, 6) is 1.65. The molecule has 0 unspecified atom stereocenters. The van der Waals surface area contributed by atoms with Crippen LogP contribution in [0.15, 0.2) is 24.3 Å². The van der Waals surface area contributed by atoms with E-state index < -0.39 is 5.97 Å². The van der Waals surface area contributed by atoms with Gasteiger partial charge < -0.3 is 54.4 Å². The predicted octanol–water partition coefficient (Wildman–Crippen LogP) is 7.04. The van der Waals surface area contributed by atoms with E-state index in [4.69, 9.17) is 39.3 Å². The highest BCUT2D eigenvalue weighted by Crippen LogP contribution is 2.41. The number of amides is 1. The first-order valence-corrected chi connectivity index (χ1v) is 24.3. The van der Waals surface area contributed by atoms with Crippen molar-refractivity contribution < 1.29 is 43.1 Å². The minimum Gasteiger partial charge on any atom is -0.493 e. The van der Waals surface area contributed by atoms with Crippen molar-refractivity contribution in [2.24, 2.45) is 5.73 Å². The fourth-order valence-electron chi connectivity index (χ4n) is 9.52. The number of likely N-dealkylation sites (N-methyl/N-ethyl adjacent to an activating group) is 2. The van der Waals surface area contributed by atoms with Gasteiger partial charge in [0.15, 0.2) is 23.0 Å². The third-order valence-corrected chi connectivity index (χ3v) is 13.8. The molecule has 2 aliphatic heterocycles. The molecule has 4 fully saturated rings. The van der Waals surface area contributed by atoms with Gasteiger partial charge in [0.25, 0.3) is 5.91 Å². The van der Waals surface area contributed by atoms with Crippen molar-refractivity contribution in [3.63, 3.8) is 0 Å². The first-order valence-electron chi connectivity index (χ1n) is 24.3. The van der Waals surface area contributed by atoms with E-state index in [0.29, 0.717) is 65.4 Å². The van der Waals surface area contributed by atoms with Gasteiger partial charge in [0.05, 0.1) is 47.2 Å². The molecule has 0 aromatic heterocycles. The Labute approximate surface area is 390 Å². The lowest BCUT2D eigenvalue weighted by Gasteiger charge is -2.49. The Morgan fingerprint density at radius 1 is 0.600 bits per heavy atom. The van der Waals surface area contributed by atoms with E-state index in [-0.39, 0.29) is 17.0 Å². The lowest BCUT2D eigenvalue weighted by atomic mass is 9.79. The van der Waals surface area contributed by atoms with Crippen LogP contribution in [-0.4, -0.2) is 169 Å². The Bertz CT molecular complexity index is 1670. The zero-order valence-corrected chi connectivity index (χ0v) is 41.3. The number of methoxy groups -OCH3 is 4. The smallest absolute Gasteiger partial charge is 0.335 e. The van der Waals surface area contributed by atoms with Crippen molar-refractivity contribution >= 4 is 11.9 Å². The molecule has 0 bridgehead atoms. The van der Waals surface area contributed by atoms with E-state index in [1.165, 1.54) is 104 Å². The molecule has 0 radical (unpaired) electrons. The van der Waals surface area contributed by atoms with Crippen LogP contribution in [0, 0.1) is 0 Å². The van der Waals surface area contributed by atoms with Crippen molar-refractivity contribution in [1.29, 1.82) is 0 Å². The van der Waals surface area contributed by atoms with Gasteiger partial charge in [-0.3, -0.25) is 14.6 Å². The Morgan fingerprint density at radius 3 is 1.32 bits per heavy atom. The number of hydrogen-bond acceptors (Lipinski definition) is 13. The van der Waals surface area contributed by atoms with Crippen LogP contribution in [0.3, 0.4) is 0 Å². The number of aromatic carboxylic acids is 1. The molecule has 15 heteroatoms. The van der Waals surface area contributed by atoms with Crippen LogP contribution in [0.4, 0.5) is 0 Å². The molecule has 2 saturated heterocycles. The maximum atomic E-state index is 13.2. The molecule has 2 aliphatic carbocycles. The number of nitrogens with two attached hydrogens (primary N) is 1. The molecule has 6 rings (SSSR count). The van der Waals surface area contributed by atoms with Crippen LogP contribution < -0.4 is 39.5 Å². The summed E-state index contributed by atoms with van der Waals surface area (Å²) in [4.78, 5) is 34.2. The topological polar surface area (TPSA) is 161 Å². The molecular weight excluding hydrogens is 829 g/mol. The Morgan fingerprint density at radius 2 is 0.969 bits per heavy atom. The highest BCUT2D eigenvalue weighted by molar-refractivity contribution is 5.95. The highest BCUT2D eigenvalue weighted by atomic mass is 16.5. The molecule has 65 heavy (non-hydrogen) atoms. The molecule has 2 saturated carbocycles. The maximum absolute atomic E-state index is 13.2. The van der Waals surface area contributed by atoms with Crippen LogP contribution in [-0.2, 0) is 0 Å². The van der Waals surface area contributed by atoms with Crippen molar-refractivity contribution in [3.05, 3.63) is 35.4 Å². The van der Waals surface area contributed by atoms with Crippen LogP contribution in [0.1, 0.15) is 124 Å². The number of carboxylic acids is 1. The standard InChI is InChI=1S/C25H41N3O4.C13H18O5.C12H25N3/c1-5-6-16-32-23-21(30-3)17-20(18-22(23)31-4)24(29)26-19-25(10-8-7-9-11-25)28-14-12-27(2)13-15-28;1-4-5-6-18-12-10(16-2)7-9(13(14)15)8-11(12)17-3;1-14-7-9-15(10-8-14)12(11-13)5-3-2-4-6-12/h17-18H,5-16,19H2,1-4H3,(H,26,29);7-8H,4-6H2,1-3H3,(H,14,15);2-11,13H2,1H3. The summed E-state index contributed by atoms with van der Waals surface area (Å²) in [5, 5.41) is 12.2. The van der Waals surface area contributed by atoms with E-state index in [2.05, 4.69) is 52.9 Å². The first kappa shape index (κ1) is 53.6. The molecular formula is C50H84N6O9. The van der Waals surface area contributed by atoms with E-state index in [1.807, 2.05) is 0 Å². The average molecular weight is 913 g/mol. The van der Waals surface area contributed by atoms with Gasteiger partial charge in [-0.25, -0.2) is 4.79 Å². The van der Waals surface area contributed by atoms with Gasteiger partial charge in [0.2, 0.25) is 11.5 Å². The average Bonchev–Trinajstić information content (AvgIpc) is 3.34. The van der Waals surface area contributed by atoms with Gasteiger partial charge in [-0.05, 0) is 76.9 Å². The van der Waals surface area contributed by atoms with Gasteiger partial charge in [-0.15, -0.1) is 0 Å². The molecule has 4 aliphatic rings. The monoisotopic (exact) mass is 913 g/mol. The number of nitrogens with one attached hydrogen (secondary N) is 1. The molecule has 0 spiro atoms. The van der Waals surface area contributed by atoms with E-state index >= 15 is 0 Å². The third kappa shape index (κ3) is 15.3. The van der Waals surface area contributed by atoms with Crippen LogP contribution in [0.2, 0.25) is 0 Å². The number of ether oxygens (including phenoxy) is 6. The van der Waals surface area contributed by atoms with Gasteiger partial charge >= 0.3 is 5.97 Å². The van der Waals surface area contributed by atoms with E-state index in [1.54, 1.807) is 26.4 Å².